The van der Waals surface area contributed by atoms with Crippen molar-refractivity contribution in [2.24, 2.45) is 0 Å². The lowest BCUT2D eigenvalue weighted by atomic mass is 10.8. The molecule has 0 bridgehead atoms. The highest BCUT2D eigenvalue weighted by atomic mass is 28.3. The van der Waals surface area contributed by atoms with E-state index in [2.05, 4.69) is 88.8 Å². The van der Waals surface area contributed by atoms with Crippen molar-refractivity contribution in [2.75, 3.05) is 14.9 Å². The third-order valence-corrected chi connectivity index (χ3v) is 5.02. The predicted octanol–water partition coefficient (Wildman–Crippen LogP) is 3.61. The Balaban J connectivity index is 3.13. The number of aromatic nitrogens is 3. The summed E-state index contributed by atoms with van der Waals surface area (Å²) in [4.78, 5) is 24.0. The van der Waals surface area contributed by atoms with Crippen LogP contribution in [0.4, 0.5) is 17.8 Å². The Morgan fingerprint density at radius 3 is 0.810 bits per heavy atom. The van der Waals surface area contributed by atoms with Gasteiger partial charge in [0.2, 0.25) is 17.8 Å². The Kier molecular flexibility index (Phi) is 5.22. The number of anilines is 3. The van der Waals surface area contributed by atoms with Crippen molar-refractivity contribution in [1.82, 2.24) is 15.0 Å². The molecule has 0 aliphatic rings. The first-order valence-corrected chi connectivity index (χ1v) is 17.8. The van der Waals surface area contributed by atoms with Gasteiger partial charge in [0.15, 0.2) is 0 Å². The summed E-state index contributed by atoms with van der Waals surface area (Å²) >= 11 is 0. The van der Waals surface area contributed by atoms with Crippen LogP contribution >= 0.6 is 0 Å². The second kappa shape index (κ2) is 6.05. The van der Waals surface area contributed by atoms with Gasteiger partial charge in [-0.15, -0.1) is 0 Å². The van der Waals surface area contributed by atoms with Crippen LogP contribution in [0.5, 0.6) is 0 Å². The van der Waals surface area contributed by atoms with Gasteiger partial charge in [0.25, 0.3) is 0 Å². The van der Waals surface area contributed by atoms with Crippen LogP contribution in [0, 0.1) is 0 Å². The van der Waals surface area contributed by atoms with Gasteiger partial charge in [-0.1, -0.05) is 58.9 Å². The van der Waals surface area contributed by atoms with Crippen molar-refractivity contribution >= 4 is 42.6 Å². The topological polar surface area (TPSA) is 74.8 Å². The summed E-state index contributed by atoms with van der Waals surface area (Å²) in [5.41, 5.74) is 0. The van der Waals surface area contributed by atoms with Crippen LogP contribution in [0.1, 0.15) is 0 Å². The third kappa shape index (κ3) is 8.17. The van der Waals surface area contributed by atoms with E-state index in [0.717, 1.165) is 0 Å². The average molecular weight is 343 g/mol. The van der Waals surface area contributed by atoms with Gasteiger partial charge in [-0.25, -0.2) is 0 Å². The SMILES string of the molecule is C[Si](C)(C)Nc1nc(N[Si](C)(C)C)nc(N[Si](C)(C)C)n1. The molecular weight excluding hydrogens is 312 g/mol. The minimum atomic E-state index is -1.50. The van der Waals surface area contributed by atoms with E-state index in [1.807, 2.05) is 0 Å². The second-order valence-electron chi connectivity index (χ2n) is 8.43. The van der Waals surface area contributed by atoms with E-state index < -0.39 is 24.7 Å². The maximum absolute atomic E-state index is 4.53. The van der Waals surface area contributed by atoms with Crippen LogP contribution in [-0.2, 0) is 0 Å². The van der Waals surface area contributed by atoms with Crippen molar-refractivity contribution in [3.8, 4) is 0 Å². The molecule has 0 aliphatic heterocycles. The summed E-state index contributed by atoms with van der Waals surface area (Å²) < 4.78 is 0. The van der Waals surface area contributed by atoms with Crippen molar-refractivity contribution < 1.29 is 0 Å². The van der Waals surface area contributed by atoms with Gasteiger partial charge >= 0.3 is 0 Å². The third-order valence-electron chi connectivity index (χ3n) is 2.10. The van der Waals surface area contributed by atoms with E-state index in [4.69, 9.17) is 0 Å². The van der Waals surface area contributed by atoms with Crippen LogP contribution in [0.3, 0.4) is 0 Å². The lowest BCUT2D eigenvalue weighted by molar-refractivity contribution is 1.07. The van der Waals surface area contributed by atoms with Crippen molar-refractivity contribution in [2.45, 2.75) is 58.9 Å². The molecule has 0 radical (unpaired) electrons. The first-order valence-electron chi connectivity index (χ1n) is 7.34. The molecule has 1 aromatic rings. The molecule has 0 aliphatic carbocycles. The van der Waals surface area contributed by atoms with Crippen LogP contribution < -0.4 is 14.9 Å². The molecule has 21 heavy (non-hydrogen) atoms. The van der Waals surface area contributed by atoms with Crippen LogP contribution in [0.2, 0.25) is 58.9 Å². The number of nitrogens with zero attached hydrogens (tertiary/aromatic N) is 3. The highest BCUT2D eigenvalue weighted by Gasteiger charge is 2.21. The molecule has 1 heterocycles. The fraction of sp³-hybridized carbons (Fsp3) is 0.750. The Morgan fingerprint density at radius 1 is 0.476 bits per heavy atom. The van der Waals surface area contributed by atoms with E-state index in [-0.39, 0.29) is 0 Å². The Labute approximate surface area is 131 Å². The molecule has 0 atom stereocenters. The van der Waals surface area contributed by atoms with Gasteiger partial charge in [0.05, 0.1) is 0 Å². The summed E-state index contributed by atoms with van der Waals surface area (Å²) in [6.45, 7) is 20.1. The number of rotatable bonds is 6. The van der Waals surface area contributed by atoms with Crippen LogP contribution in [0.15, 0.2) is 0 Å². The zero-order valence-electron chi connectivity index (χ0n) is 14.8. The fourth-order valence-electron chi connectivity index (χ4n) is 1.55. The van der Waals surface area contributed by atoms with E-state index >= 15 is 0 Å². The summed E-state index contributed by atoms with van der Waals surface area (Å²) in [6.07, 6.45) is 0. The zero-order valence-corrected chi connectivity index (χ0v) is 17.8. The van der Waals surface area contributed by atoms with E-state index in [9.17, 15) is 0 Å². The lowest BCUT2D eigenvalue weighted by Crippen LogP contribution is -2.37. The largest absolute Gasteiger partial charge is 0.380 e. The van der Waals surface area contributed by atoms with Gasteiger partial charge < -0.3 is 14.9 Å². The second-order valence-corrected chi connectivity index (χ2v) is 22.7. The van der Waals surface area contributed by atoms with E-state index in [1.165, 1.54) is 0 Å². The molecule has 1 aromatic heterocycles. The Bertz CT molecular complexity index is 403. The fourth-order valence-corrected chi connectivity index (χ4v) is 3.90. The molecule has 120 valence electrons. The predicted molar refractivity (Wildman–Crippen MR) is 101 cm³/mol. The quantitative estimate of drug-likeness (QED) is 0.686. The maximum atomic E-state index is 4.53. The van der Waals surface area contributed by atoms with Gasteiger partial charge in [-0.05, 0) is 0 Å². The molecule has 0 unspecified atom stereocenters. The summed E-state index contributed by atoms with van der Waals surface area (Å²) in [7, 11) is -4.49. The van der Waals surface area contributed by atoms with Crippen molar-refractivity contribution in [3.63, 3.8) is 0 Å². The first-order chi connectivity index (χ1) is 9.23. The first kappa shape index (κ1) is 18.1. The number of nitrogens with one attached hydrogen (secondary N) is 3. The monoisotopic (exact) mass is 342 g/mol. The molecule has 0 spiro atoms. The average Bonchev–Trinajstić information content (AvgIpc) is 2.06. The summed E-state index contributed by atoms with van der Waals surface area (Å²) in [5.74, 6) is 2.02. The molecule has 0 saturated carbocycles. The highest BCUT2D eigenvalue weighted by molar-refractivity contribution is 6.80. The minimum Gasteiger partial charge on any atom is -0.380 e. The van der Waals surface area contributed by atoms with Gasteiger partial charge in [0, 0.05) is 0 Å². The molecule has 0 fully saturated rings. The minimum absolute atomic E-state index is 0.672. The summed E-state index contributed by atoms with van der Waals surface area (Å²) in [5, 5.41) is 0. The Morgan fingerprint density at radius 2 is 0.667 bits per heavy atom. The normalized spacial score (nSPS) is 13.0. The van der Waals surface area contributed by atoms with E-state index in [0.29, 0.717) is 17.8 Å². The molecular formula is C12H30N6Si3. The molecule has 1 rings (SSSR count). The van der Waals surface area contributed by atoms with Crippen LogP contribution in [-0.4, -0.2) is 39.7 Å². The summed E-state index contributed by atoms with van der Waals surface area (Å²) in [6, 6.07) is 0. The number of hydrogen-bond acceptors (Lipinski definition) is 6. The molecule has 3 N–H and O–H groups in total. The Hall–Kier alpha value is -0.939. The van der Waals surface area contributed by atoms with Gasteiger partial charge in [-0.2, -0.15) is 15.0 Å². The van der Waals surface area contributed by atoms with Crippen molar-refractivity contribution in [3.05, 3.63) is 0 Å². The van der Waals surface area contributed by atoms with Gasteiger partial charge in [0.1, 0.15) is 24.7 Å². The highest BCUT2D eigenvalue weighted by Crippen LogP contribution is 2.16. The molecule has 0 aromatic carbocycles. The van der Waals surface area contributed by atoms with Crippen LogP contribution in [0.25, 0.3) is 0 Å². The zero-order chi connectivity index (χ0) is 16.5. The van der Waals surface area contributed by atoms with E-state index in [1.54, 1.807) is 0 Å². The maximum Gasteiger partial charge on any atom is 0.221 e. The van der Waals surface area contributed by atoms with Crippen molar-refractivity contribution in [1.29, 1.82) is 0 Å². The number of hydrogen-bond donors (Lipinski definition) is 3. The molecule has 0 saturated heterocycles. The smallest absolute Gasteiger partial charge is 0.221 e. The molecule has 0 amide bonds. The molecule has 6 nitrogen and oxygen atoms in total. The lowest BCUT2D eigenvalue weighted by Gasteiger charge is -2.23. The standard InChI is InChI=1S/C12H30N6Si3/c1-19(2,3)16-10-13-11(17-20(4,5)6)15-12(14-10)18-21(7,8)9/h1-9H3,(H3,13,14,15,16,17,18). The van der Waals surface area contributed by atoms with Gasteiger partial charge in [-0.3, -0.25) is 0 Å². The molecule has 9 heteroatoms.